The predicted molar refractivity (Wildman–Crippen MR) is 119 cm³/mol. The normalized spacial score (nSPS) is 15.7. The Kier molecular flexibility index (Phi) is 17.3. The molecule has 0 saturated heterocycles. The summed E-state index contributed by atoms with van der Waals surface area (Å²) in [5.74, 6) is 0.437. The smallest absolute Gasteiger partial charge is 0.164 e. The quantitative estimate of drug-likeness (QED) is 0.170. The highest BCUT2D eigenvalue weighted by atomic mass is 17.2. The zero-order valence-corrected chi connectivity index (χ0v) is 20.4. The van der Waals surface area contributed by atoms with Gasteiger partial charge in [-0.05, 0) is 51.4 Å². The van der Waals surface area contributed by atoms with Gasteiger partial charge in [0.2, 0.25) is 0 Å². The monoisotopic (exact) mass is 430 g/mol. The number of unbranched alkanes of at least 4 members (excludes halogenated alkanes) is 2. The number of carbonyl (C=O) groups is 2. The van der Waals surface area contributed by atoms with Crippen LogP contribution in [-0.4, -0.2) is 36.0 Å². The van der Waals surface area contributed by atoms with Crippen molar-refractivity contribution in [2.75, 3.05) is 0 Å². The lowest BCUT2D eigenvalue weighted by atomic mass is 10.0. The molecule has 0 spiro atoms. The molecule has 0 amide bonds. The van der Waals surface area contributed by atoms with E-state index in [9.17, 15) is 9.59 Å². The Morgan fingerprint density at radius 3 is 1.53 bits per heavy atom. The Bertz CT molecular complexity index is 451. The van der Waals surface area contributed by atoms with Gasteiger partial charge in [-0.15, -0.1) is 0 Å². The predicted octanol–water partition coefficient (Wildman–Crippen LogP) is 6.15. The van der Waals surface area contributed by atoms with Crippen LogP contribution in [0.1, 0.15) is 113 Å². The molecule has 0 aromatic heterocycles. The van der Waals surface area contributed by atoms with Crippen molar-refractivity contribution < 1.29 is 29.1 Å². The first-order valence-electron chi connectivity index (χ1n) is 12.0. The van der Waals surface area contributed by atoms with Crippen molar-refractivity contribution in [1.82, 2.24) is 0 Å². The van der Waals surface area contributed by atoms with E-state index in [1.165, 1.54) is 0 Å². The van der Waals surface area contributed by atoms with Crippen molar-refractivity contribution in [3.8, 4) is 0 Å². The van der Waals surface area contributed by atoms with Gasteiger partial charge in [-0.1, -0.05) is 54.4 Å². The molecule has 0 rings (SSSR count). The maximum atomic E-state index is 12.2. The lowest BCUT2D eigenvalue weighted by Crippen LogP contribution is -2.30. The third-order valence-corrected chi connectivity index (χ3v) is 5.25. The fourth-order valence-corrected chi connectivity index (χ4v) is 2.96. The van der Waals surface area contributed by atoms with Crippen LogP contribution in [0.15, 0.2) is 0 Å². The molecule has 0 fully saturated rings. The van der Waals surface area contributed by atoms with Gasteiger partial charge in [0.15, 0.2) is 23.8 Å². The van der Waals surface area contributed by atoms with Crippen LogP contribution in [0.25, 0.3) is 0 Å². The Morgan fingerprint density at radius 1 is 0.667 bits per heavy atom. The minimum atomic E-state index is -0.505. The summed E-state index contributed by atoms with van der Waals surface area (Å²) in [7, 11) is 0. The van der Waals surface area contributed by atoms with E-state index in [0.29, 0.717) is 38.5 Å². The second kappa shape index (κ2) is 17.8. The maximum Gasteiger partial charge on any atom is 0.164 e. The molecular formula is C24H46O6. The third-order valence-electron chi connectivity index (χ3n) is 5.25. The van der Waals surface area contributed by atoms with Crippen molar-refractivity contribution in [1.29, 1.82) is 0 Å². The first-order chi connectivity index (χ1) is 14.3. The molecule has 0 aliphatic heterocycles. The van der Waals surface area contributed by atoms with Crippen LogP contribution in [-0.2, 0) is 29.1 Å². The molecule has 0 aliphatic carbocycles. The third kappa shape index (κ3) is 12.8. The van der Waals surface area contributed by atoms with Crippen molar-refractivity contribution in [3.63, 3.8) is 0 Å². The summed E-state index contributed by atoms with van der Waals surface area (Å²) in [4.78, 5) is 46.4. The average Bonchev–Trinajstić information content (AvgIpc) is 2.72. The van der Waals surface area contributed by atoms with E-state index in [-0.39, 0.29) is 29.7 Å². The molecule has 0 aromatic carbocycles. The molecule has 0 bridgehead atoms. The summed E-state index contributed by atoms with van der Waals surface area (Å²) in [6.45, 7) is 14.0. The lowest BCUT2D eigenvalue weighted by Gasteiger charge is -2.24. The Hall–Kier alpha value is -0.820. The van der Waals surface area contributed by atoms with E-state index < -0.39 is 12.2 Å². The molecular weight excluding hydrogens is 384 g/mol. The largest absolute Gasteiger partial charge is 0.297 e. The number of rotatable bonds is 20. The molecule has 4 atom stereocenters. The van der Waals surface area contributed by atoms with E-state index in [1.54, 1.807) is 0 Å². The summed E-state index contributed by atoms with van der Waals surface area (Å²) in [6, 6.07) is 0. The second-order valence-corrected chi connectivity index (χ2v) is 8.49. The van der Waals surface area contributed by atoms with Gasteiger partial charge >= 0.3 is 0 Å². The van der Waals surface area contributed by atoms with Gasteiger partial charge in [0, 0.05) is 12.8 Å². The summed E-state index contributed by atoms with van der Waals surface area (Å²) in [5.41, 5.74) is 0. The SMILES string of the molecule is CCCCC(=O)C(CC)OOC(C)CCC(OOC(CC)C(=O)CCCC)C(C)C. The van der Waals surface area contributed by atoms with Gasteiger partial charge in [-0.2, -0.15) is 0 Å². The Morgan fingerprint density at radius 2 is 1.13 bits per heavy atom. The summed E-state index contributed by atoms with van der Waals surface area (Å²) >= 11 is 0. The minimum Gasteiger partial charge on any atom is -0.297 e. The van der Waals surface area contributed by atoms with Crippen LogP contribution in [0.5, 0.6) is 0 Å². The van der Waals surface area contributed by atoms with Gasteiger partial charge < -0.3 is 0 Å². The van der Waals surface area contributed by atoms with Gasteiger partial charge in [0.05, 0.1) is 12.2 Å². The zero-order valence-electron chi connectivity index (χ0n) is 20.4. The first kappa shape index (κ1) is 29.2. The van der Waals surface area contributed by atoms with E-state index >= 15 is 0 Å². The highest BCUT2D eigenvalue weighted by molar-refractivity contribution is 5.83. The molecule has 0 saturated carbocycles. The topological polar surface area (TPSA) is 71.1 Å². The van der Waals surface area contributed by atoms with E-state index in [0.717, 1.165) is 25.7 Å². The number of hydrogen-bond donors (Lipinski definition) is 0. The maximum absolute atomic E-state index is 12.2. The first-order valence-corrected chi connectivity index (χ1v) is 12.0. The van der Waals surface area contributed by atoms with Crippen LogP contribution in [0.2, 0.25) is 0 Å². The van der Waals surface area contributed by atoms with Crippen LogP contribution in [0, 0.1) is 5.92 Å². The van der Waals surface area contributed by atoms with Crippen LogP contribution in [0.3, 0.4) is 0 Å². The average molecular weight is 431 g/mol. The number of carbonyl (C=O) groups excluding carboxylic acids is 2. The van der Waals surface area contributed by atoms with E-state index in [1.807, 2.05) is 20.8 Å². The molecule has 30 heavy (non-hydrogen) atoms. The molecule has 0 aliphatic rings. The van der Waals surface area contributed by atoms with Crippen molar-refractivity contribution in [3.05, 3.63) is 0 Å². The number of hydrogen-bond acceptors (Lipinski definition) is 6. The van der Waals surface area contributed by atoms with Gasteiger partial charge in [-0.25, -0.2) is 19.6 Å². The van der Waals surface area contributed by atoms with E-state index in [2.05, 4.69) is 27.7 Å². The van der Waals surface area contributed by atoms with Crippen LogP contribution in [0.4, 0.5) is 0 Å². The van der Waals surface area contributed by atoms with Crippen molar-refractivity contribution in [2.45, 2.75) is 137 Å². The second-order valence-electron chi connectivity index (χ2n) is 8.49. The van der Waals surface area contributed by atoms with Gasteiger partial charge in [-0.3, -0.25) is 9.59 Å². The van der Waals surface area contributed by atoms with Gasteiger partial charge in [0.25, 0.3) is 0 Å². The fraction of sp³-hybridized carbons (Fsp3) is 0.917. The van der Waals surface area contributed by atoms with Crippen molar-refractivity contribution in [2.24, 2.45) is 5.92 Å². The molecule has 4 unspecified atom stereocenters. The van der Waals surface area contributed by atoms with Gasteiger partial charge in [0.1, 0.15) is 0 Å². The Balaban J connectivity index is 4.44. The summed E-state index contributed by atoms with van der Waals surface area (Å²) < 4.78 is 0. The number of ketones is 2. The van der Waals surface area contributed by atoms with Crippen molar-refractivity contribution >= 4 is 11.6 Å². The zero-order chi connectivity index (χ0) is 22.9. The molecule has 178 valence electrons. The molecule has 0 N–H and O–H groups in total. The lowest BCUT2D eigenvalue weighted by molar-refractivity contribution is -0.357. The summed E-state index contributed by atoms with van der Waals surface area (Å²) in [5, 5.41) is 0. The molecule has 6 nitrogen and oxygen atoms in total. The molecule has 6 heteroatoms. The Labute approximate surface area is 184 Å². The molecule has 0 aromatic rings. The van der Waals surface area contributed by atoms with E-state index in [4.69, 9.17) is 19.6 Å². The molecule has 0 heterocycles. The minimum absolute atomic E-state index is 0.0988. The highest BCUT2D eigenvalue weighted by Crippen LogP contribution is 2.19. The summed E-state index contributed by atoms with van der Waals surface area (Å²) in [6.07, 6.45) is 6.09. The fourth-order valence-electron chi connectivity index (χ4n) is 2.96. The highest BCUT2D eigenvalue weighted by Gasteiger charge is 2.24. The number of Topliss-reactive ketones (excluding diaryl/α,β-unsaturated/α-hetero) is 2. The molecule has 0 radical (unpaired) electrons. The standard InChI is InChI=1S/C24H46O6/c1-8-12-14-20(25)22(10-3)28-27-19(7)16-17-24(18(5)6)30-29-23(11-4)21(26)15-13-9-2/h18-19,22-24H,8-17H2,1-7H3. The van der Waals surface area contributed by atoms with Crippen LogP contribution >= 0.6 is 0 Å². The van der Waals surface area contributed by atoms with Crippen LogP contribution < -0.4 is 0 Å².